The van der Waals surface area contributed by atoms with E-state index in [1.54, 1.807) is 24.4 Å². The minimum absolute atomic E-state index is 0.00332. The van der Waals surface area contributed by atoms with E-state index in [1.807, 2.05) is 22.8 Å². The molecule has 6 rings (SSSR count). The summed E-state index contributed by atoms with van der Waals surface area (Å²) in [5.41, 5.74) is 1.69. The normalized spacial score (nSPS) is 17.4. The first-order chi connectivity index (χ1) is 20.9. The molecule has 2 aliphatic heterocycles. The maximum atomic E-state index is 14.9. The van der Waals surface area contributed by atoms with Crippen molar-refractivity contribution in [3.63, 3.8) is 0 Å². The number of nitrogens with zero attached hydrogens (tertiary/aromatic N) is 5. The summed E-state index contributed by atoms with van der Waals surface area (Å²) < 4.78 is 34.4. The Hall–Kier alpha value is -4.24. The number of carboxylic acid groups (broad SMARTS) is 1. The van der Waals surface area contributed by atoms with Gasteiger partial charge >= 0.3 is 5.97 Å². The first kappa shape index (κ1) is 28.9. The average Bonchev–Trinajstić information content (AvgIpc) is 3.32. The molecule has 2 fully saturated rings. The first-order valence-electron chi connectivity index (χ1n) is 14.1. The number of rotatable bonds is 10. The lowest BCUT2D eigenvalue weighted by Crippen LogP contribution is -2.39. The lowest BCUT2D eigenvalue weighted by atomic mass is 10.1. The van der Waals surface area contributed by atoms with Gasteiger partial charge in [-0.05, 0) is 55.7 Å². The highest BCUT2D eigenvalue weighted by molar-refractivity contribution is 6.32. The van der Waals surface area contributed by atoms with Gasteiger partial charge in [0, 0.05) is 32.0 Å². The first-order valence-corrected chi connectivity index (χ1v) is 14.4. The third-order valence-electron chi connectivity index (χ3n) is 7.74. The number of carbonyl (C=O) groups is 1. The van der Waals surface area contributed by atoms with Crippen LogP contribution in [0.25, 0.3) is 11.0 Å². The van der Waals surface area contributed by atoms with Crippen LogP contribution in [-0.2, 0) is 24.4 Å². The number of fused-ring (bicyclic) bond motifs is 1. The van der Waals surface area contributed by atoms with Crippen molar-refractivity contribution in [1.82, 2.24) is 19.4 Å². The maximum Gasteiger partial charge on any atom is 0.335 e. The van der Waals surface area contributed by atoms with Crippen LogP contribution in [0.1, 0.15) is 46.7 Å². The number of ether oxygens (including phenoxy) is 3. The quantitative estimate of drug-likeness (QED) is 0.260. The molecule has 4 heterocycles. The van der Waals surface area contributed by atoms with Gasteiger partial charge in [-0.2, -0.15) is 5.26 Å². The van der Waals surface area contributed by atoms with Gasteiger partial charge in [0.25, 0.3) is 0 Å². The predicted molar refractivity (Wildman–Crippen MR) is 155 cm³/mol. The molecule has 12 heteroatoms. The molecule has 2 aromatic heterocycles. The van der Waals surface area contributed by atoms with E-state index in [9.17, 15) is 14.3 Å². The largest absolute Gasteiger partial charge is 0.490 e. The average molecular weight is 606 g/mol. The summed E-state index contributed by atoms with van der Waals surface area (Å²) in [6.07, 6.45) is 4.17. The number of halogens is 2. The number of nitriles is 1. The van der Waals surface area contributed by atoms with Gasteiger partial charge in [-0.15, -0.1) is 0 Å². The molecule has 1 atom stereocenters. The number of benzene rings is 2. The number of hydrogen-bond donors (Lipinski definition) is 1. The maximum absolute atomic E-state index is 14.9. The molecule has 2 aliphatic rings. The molecule has 4 aromatic rings. The molecule has 2 saturated heterocycles. The number of piperidine rings is 1. The number of aromatic nitrogens is 3. The third-order valence-corrected chi connectivity index (χ3v) is 8.04. The molecule has 2 aromatic carbocycles. The van der Waals surface area contributed by atoms with Crippen molar-refractivity contribution in [3.05, 3.63) is 82.1 Å². The summed E-state index contributed by atoms with van der Waals surface area (Å²) in [6, 6.07) is 13.1. The second-order valence-electron chi connectivity index (χ2n) is 10.7. The van der Waals surface area contributed by atoms with Gasteiger partial charge < -0.3 is 23.9 Å². The molecule has 0 saturated carbocycles. The highest BCUT2D eigenvalue weighted by atomic mass is 35.5. The minimum Gasteiger partial charge on any atom is -0.490 e. The van der Waals surface area contributed by atoms with Crippen molar-refractivity contribution in [1.29, 1.82) is 5.26 Å². The van der Waals surface area contributed by atoms with Crippen molar-refractivity contribution >= 4 is 28.6 Å². The zero-order valence-corrected chi connectivity index (χ0v) is 24.0. The fraction of sp³-hybridized carbons (Fsp3) is 0.355. The predicted octanol–water partition coefficient (Wildman–Crippen LogP) is 5.20. The van der Waals surface area contributed by atoms with Gasteiger partial charge in [0.1, 0.15) is 35.6 Å². The van der Waals surface area contributed by atoms with Gasteiger partial charge in [0.05, 0.1) is 52.6 Å². The molecule has 0 unspecified atom stereocenters. The number of aromatic carboxylic acids is 1. The van der Waals surface area contributed by atoms with E-state index in [1.165, 1.54) is 6.07 Å². The van der Waals surface area contributed by atoms with Crippen molar-refractivity contribution in [2.75, 3.05) is 19.7 Å². The lowest BCUT2D eigenvalue weighted by molar-refractivity contribution is -0.0592. The van der Waals surface area contributed by atoms with Crippen molar-refractivity contribution in [2.24, 2.45) is 0 Å². The Balaban J connectivity index is 1.07. The molecule has 43 heavy (non-hydrogen) atoms. The summed E-state index contributed by atoms with van der Waals surface area (Å²) in [5, 5.41) is 18.8. The van der Waals surface area contributed by atoms with Crippen LogP contribution in [0.3, 0.4) is 0 Å². The Morgan fingerprint density at radius 1 is 1.19 bits per heavy atom. The lowest BCUT2D eigenvalue weighted by Gasteiger charge is -2.32. The molecule has 10 nitrogen and oxygen atoms in total. The van der Waals surface area contributed by atoms with E-state index in [-0.39, 0.29) is 29.9 Å². The summed E-state index contributed by atoms with van der Waals surface area (Å²) in [4.78, 5) is 22.8. The Bertz CT molecular complexity index is 1690. The zero-order valence-electron chi connectivity index (χ0n) is 23.2. The van der Waals surface area contributed by atoms with Gasteiger partial charge in [0.2, 0.25) is 0 Å². The van der Waals surface area contributed by atoms with Gasteiger partial charge in [-0.1, -0.05) is 11.6 Å². The molecular weight excluding hydrogens is 577 g/mol. The number of carboxylic acids is 1. The molecule has 0 spiro atoms. The third kappa shape index (κ3) is 6.57. The van der Waals surface area contributed by atoms with Gasteiger partial charge in [-0.3, -0.25) is 9.88 Å². The number of imidazole rings is 1. The fourth-order valence-corrected chi connectivity index (χ4v) is 5.57. The van der Waals surface area contributed by atoms with E-state index in [0.29, 0.717) is 58.8 Å². The van der Waals surface area contributed by atoms with Crippen LogP contribution in [0.5, 0.6) is 11.5 Å². The molecule has 0 aliphatic carbocycles. The van der Waals surface area contributed by atoms with E-state index in [0.717, 1.165) is 38.4 Å². The van der Waals surface area contributed by atoms with E-state index >= 15 is 0 Å². The van der Waals surface area contributed by atoms with Crippen molar-refractivity contribution < 1.29 is 28.5 Å². The number of pyridine rings is 1. The minimum atomic E-state index is -1.18. The molecule has 0 bridgehead atoms. The Morgan fingerprint density at radius 3 is 2.70 bits per heavy atom. The Labute approximate surface area is 252 Å². The van der Waals surface area contributed by atoms with Crippen LogP contribution in [0.15, 0.2) is 48.7 Å². The van der Waals surface area contributed by atoms with Crippen LogP contribution in [0, 0.1) is 17.1 Å². The molecule has 222 valence electrons. The molecule has 0 radical (unpaired) electrons. The Kier molecular flexibility index (Phi) is 8.42. The monoisotopic (exact) mass is 605 g/mol. The smallest absolute Gasteiger partial charge is 0.335 e. The van der Waals surface area contributed by atoms with Gasteiger partial charge in [-0.25, -0.2) is 14.2 Å². The Morgan fingerprint density at radius 2 is 2.00 bits per heavy atom. The molecular formula is C31H29ClFN5O5. The second kappa shape index (κ2) is 12.6. The highest BCUT2D eigenvalue weighted by Crippen LogP contribution is 2.28. The van der Waals surface area contributed by atoms with E-state index in [4.69, 9.17) is 31.1 Å². The van der Waals surface area contributed by atoms with E-state index < -0.39 is 11.8 Å². The van der Waals surface area contributed by atoms with Crippen LogP contribution in [0.4, 0.5) is 4.39 Å². The number of likely N-dealkylation sites (tertiary alicyclic amines) is 1. The number of hydrogen-bond acceptors (Lipinski definition) is 8. The van der Waals surface area contributed by atoms with Crippen LogP contribution < -0.4 is 9.47 Å². The highest BCUT2D eigenvalue weighted by Gasteiger charge is 2.27. The molecule has 0 amide bonds. The van der Waals surface area contributed by atoms with Crippen LogP contribution >= 0.6 is 11.6 Å². The van der Waals surface area contributed by atoms with Crippen LogP contribution in [0.2, 0.25) is 5.02 Å². The SMILES string of the molecule is N#Cc1ccc(OCc2cc(OC3CCN(Cc4nc5c(F)cc(C(=O)O)cc5n4C[C@@H]4CCO4)CC3)ccn2)c(Cl)c1. The summed E-state index contributed by atoms with van der Waals surface area (Å²) in [5.74, 6) is 0.0395. The second-order valence-corrected chi connectivity index (χ2v) is 11.1. The molecule has 1 N–H and O–H groups in total. The van der Waals surface area contributed by atoms with E-state index in [2.05, 4.69) is 14.9 Å². The van der Waals surface area contributed by atoms with Crippen LogP contribution in [-0.4, -0.2) is 62.4 Å². The fourth-order valence-electron chi connectivity index (χ4n) is 5.33. The summed E-state index contributed by atoms with van der Waals surface area (Å²) >= 11 is 6.21. The van der Waals surface area contributed by atoms with Gasteiger partial charge in [0.15, 0.2) is 5.82 Å². The summed E-state index contributed by atoms with van der Waals surface area (Å²) in [7, 11) is 0. The zero-order chi connectivity index (χ0) is 29.9. The topological polar surface area (TPSA) is 123 Å². The van der Waals surface area contributed by atoms with Crippen molar-refractivity contribution in [3.8, 4) is 17.6 Å². The standard InChI is InChI=1S/C31H29ClFN5O5/c32-25-11-19(15-34)1-2-28(25)42-18-21-14-23(3-7-35-21)43-22-4-8-37(9-5-22)17-29-36-30-26(33)12-20(31(39)40)13-27(30)38(29)16-24-6-10-41-24/h1-3,7,11-14,22,24H,4-6,8-10,16-18H2,(H,39,40)/t24-/m0/s1. The van der Waals surface area contributed by atoms with Crippen molar-refractivity contribution in [2.45, 2.75) is 51.2 Å². The summed E-state index contributed by atoms with van der Waals surface area (Å²) in [6.45, 7) is 3.41.